The zero-order valence-electron chi connectivity index (χ0n) is 9.34. The van der Waals surface area contributed by atoms with Crippen LogP contribution in [0.2, 0.25) is 0 Å². The number of aryl methyl sites for hydroxylation is 2. The molecule has 2 aromatic rings. The van der Waals surface area contributed by atoms with Crippen molar-refractivity contribution < 1.29 is 0 Å². The number of nitrogens with one attached hydrogen (secondary N) is 1. The van der Waals surface area contributed by atoms with Gasteiger partial charge in [0.1, 0.15) is 5.82 Å². The van der Waals surface area contributed by atoms with Gasteiger partial charge in [-0.25, -0.2) is 9.97 Å². The van der Waals surface area contributed by atoms with Crippen LogP contribution in [-0.2, 0) is 0 Å². The summed E-state index contributed by atoms with van der Waals surface area (Å²) < 4.78 is 1.08. The molecule has 0 aliphatic rings. The van der Waals surface area contributed by atoms with E-state index in [0.717, 1.165) is 25.8 Å². The van der Waals surface area contributed by atoms with Gasteiger partial charge in [-0.15, -0.1) is 11.3 Å². The molecule has 0 fully saturated rings. The number of anilines is 1. The Hall–Kier alpha value is -0.690. The molecule has 0 aliphatic carbocycles. The maximum Gasteiger partial charge on any atom is 0.172 e. The Morgan fingerprint density at radius 3 is 2.62 bits per heavy atom. The average Bonchev–Trinajstić information content (AvgIpc) is 2.68. The van der Waals surface area contributed by atoms with E-state index in [1.807, 2.05) is 14.0 Å². The first-order valence-corrected chi connectivity index (χ1v) is 6.85. The van der Waals surface area contributed by atoms with E-state index in [-0.39, 0.29) is 0 Å². The van der Waals surface area contributed by atoms with E-state index in [1.165, 1.54) is 5.56 Å². The van der Waals surface area contributed by atoms with Crippen molar-refractivity contribution in [3.63, 3.8) is 0 Å². The summed E-state index contributed by atoms with van der Waals surface area (Å²) in [6, 6.07) is 2.09. The summed E-state index contributed by atoms with van der Waals surface area (Å²) in [5.74, 6) is 1.71. The Bertz CT molecular complexity index is 522. The van der Waals surface area contributed by atoms with Crippen LogP contribution in [0.5, 0.6) is 0 Å². The predicted molar refractivity (Wildman–Crippen MR) is 77.1 cm³/mol. The maximum atomic E-state index is 4.54. The van der Waals surface area contributed by atoms with Gasteiger partial charge in [0.2, 0.25) is 0 Å². The summed E-state index contributed by atoms with van der Waals surface area (Å²) in [4.78, 5) is 10.2. The van der Waals surface area contributed by atoms with Crippen LogP contribution in [-0.4, -0.2) is 17.0 Å². The van der Waals surface area contributed by atoms with Crippen LogP contribution in [0.4, 0.5) is 5.82 Å². The Morgan fingerprint density at radius 1 is 1.31 bits per heavy atom. The maximum absolute atomic E-state index is 4.54. The molecule has 0 saturated heterocycles. The molecule has 1 N–H and O–H groups in total. The molecule has 0 bridgehead atoms. The molecule has 2 heterocycles. The second-order valence-corrected chi connectivity index (χ2v) is 5.47. The number of halogens is 1. The highest BCUT2D eigenvalue weighted by Crippen LogP contribution is 2.29. The summed E-state index contributed by atoms with van der Waals surface area (Å²) in [7, 11) is 1.88. The SMILES string of the molecule is CNc1nc(-c2sccc2C)nc(C)c1I. The molecule has 0 radical (unpaired) electrons. The highest BCUT2D eigenvalue weighted by Gasteiger charge is 2.12. The van der Waals surface area contributed by atoms with Crippen LogP contribution >= 0.6 is 33.9 Å². The third kappa shape index (κ3) is 2.06. The molecule has 16 heavy (non-hydrogen) atoms. The Kier molecular flexibility index (Phi) is 3.44. The lowest BCUT2D eigenvalue weighted by Crippen LogP contribution is -2.02. The van der Waals surface area contributed by atoms with E-state index in [1.54, 1.807) is 11.3 Å². The van der Waals surface area contributed by atoms with Gasteiger partial charge in [0.25, 0.3) is 0 Å². The first-order chi connectivity index (χ1) is 7.63. The fourth-order valence-corrected chi connectivity index (χ4v) is 2.80. The van der Waals surface area contributed by atoms with Crippen LogP contribution in [0, 0.1) is 17.4 Å². The van der Waals surface area contributed by atoms with Crippen LogP contribution < -0.4 is 5.32 Å². The largest absolute Gasteiger partial charge is 0.372 e. The molecule has 0 saturated carbocycles. The molecule has 3 nitrogen and oxygen atoms in total. The number of thiophene rings is 1. The van der Waals surface area contributed by atoms with E-state index in [0.29, 0.717) is 0 Å². The van der Waals surface area contributed by atoms with Crippen molar-refractivity contribution in [1.29, 1.82) is 0 Å². The molecule has 0 aromatic carbocycles. The van der Waals surface area contributed by atoms with E-state index in [9.17, 15) is 0 Å². The Morgan fingerprint density at radius 2 is 2.06 bits per heavy atom. The van der Waals surface area contributed by atoms with Gasteiger partial charge in [-0.2, -0.15) is 0 Å². The lowest BCUT2D eigenvalue weighted by Gasteiger charge is -2.08. The molecule has 84 valence electrons. The summed E-state index contributed by atoms with van der Waals surface area (Å²) in [6.07, 6.45) is 0. The minimum Gasteiger partial charge on any atom is -0.372 e. The minimum absolute atomic E-state index is 0.815. The molecule has 0 unspecified atom stereocenters. The molecular weight excluding hydrogens is 333 g/mol. The van der Waals surface area contributed by atoms with Gasteiger partial charge in [-0.3, -0.25) is 0 Å². The van der Waals surface area contributed by atoms with Gasteiger partial charge in [-0.05, 0) is 53.4 Å². The Labute approximate surface area is 112 Å². The first-order valence-electron chi connectivity index (χ1n) is 4.90. The second kappa shape index (κ2) is 4.67. The van der Waals surface area contributed by atoms with Crippen LogP contribution in [0.15, 0.2) is 11.4 Å². The molecule has 0 spiro atoms. The molecule has 0 amide bonds. The van der Waals surface area contributed by atoms with E-state index >= 15 is 0 Å². The standard InChI is InChI=1S/C11H12IN3S/c1-6-4-5-16-9(6)11-14-7(2)8(12)10(13-3)15-11/h4-5H,1-3H3,(H,13,14,15). The van der Waals surface area contributed by atoms with Gasteiger partial charge in [-0.1, -0.05) is 0 Å². The molecule has 0 atom stereocenters. The highest BCUT2D eigenvalue weighted by molar-refractivity contribution is 14.1. The van der Waals surface area contributed by atoms with Crippen molar-refractivity contribution >= 4 is 39.7 Å². The zero-order valence-corrected chi connectivity index (χ0v) is 12.3. The second-order valence-electron chi connectivity index (χ2n) is 3.48. The van der Waals surface area contributed by atoms with Gasteiger partial charge in [0, 0.05) is 7.05 Å². The predicted octanol–water partition coefficient (Wildman–Crippen LogP) is 3.47. The molecular formula is C11H12IN3S. The van der Waals surface area contributed by atoms with Crippen molar-refractivity contribution in [2.24, 2.45) is 0 Å². The third-order valence-corrected chi connectivity index (χ3v) is 4.62. The number of hydrogen-bond acceptors (Lipinski definition) is 4. The Balaban J connectivity index is 2.59. The van der Waals surface area contributed by atoms with Crippen molar-refractivity contribution in [2.75, 3.05) is 12.4 Å². The summed E-state index contributed by atoms with van der Waals surface area (Å²) in [5, 5.41) is 5.17. The normalized spacial score (nSPS) is 10.5. The quantitative estimate of drug-likeness (QED) is 0.847. The summed E-state index contributed by atoms with van der Waals surface area (Å²) in [6.45, 7) is 4.10. The van der Waals surface area contributed by atoms with E-state index in [4.69, 9.17) is 0 Å². The minimum atomic E-state index is 0.815. The van der Waals surface area contributed by atoms with Crippen molar-refractivity contribution in [2.45, 2.75) is 13.8 Å². The van der Waals surface area contributed by atoms with Gasteiger partial charge in [0.05, 0.1) is 14.1 Å². The molecule has 2 rings (SSSR count). The molecule has 5 heteroatoms. The fourth-order valence-electron chi connectivity index (χ4n) is 1.43. The van der Waals surface area contributed by atoms with Crippen molar-refractivity contribution in [1.82, 2.24) is 9.97 Å². The van der Waals surface area contributed by atoms with E-state index in [2.05, 4.69) is 56.2 Å². The molecule has 2 aromatic heterocycles. The van der Waals surface area contributed by atoms with Crippen LogP contribution in [0.3, 0.4) is 0 Å². The topological polar surface area (TPSA) is 37.8 Å². The van der Waals surface area contributed by atoms with Crippen molar-refractivity contribution in [3.05, 3.63) is 26.3 Å². The lowest BCUT2D eigenvalue weighted by molar-refractivity contribution is 1.09. The molecule has 0 aliphatic heterocycles. The van der Waals surface area contributed by atoms with Gasteiger partial charge in [0.15, 0.2) is 5.82 Å². The number of hydrogen-bond donors (Lipinski definition) is 1. The summed E-state index contributed by atoms with van der Waals surface area (Å²) >= 11 is 3.95. The zero-order chi connectivity index (χ0) is 11.7. The van der Waals surface area contributed by atoms with Gasteiger partial charge >= 0.3 is 0 Å². The average molecular weight is 345 g/mol. The third-order valence-electron chi connectivity index (χ3n) is 2.32. The number of rotatable bonds is 2. The first kappa shape index (κ1) is 11.8. The highest BCUT2D eigenvalue weighted by atomic mass is 127. The monoisotopic (exact) mass is 345 g/mol. The lowest BCUT2D eigenvalue weighted by atomic mass is 10.3. The number of aromatic nitrogens is 2. The van der Waals surface area contributed by atoms with Crippen LogP contribution in [0.25, 0.3) is 10.7 Å². The summed E-state index contributed by atoms with van der Waals surface area (Å²) in [5.41, 5.74) is 2.25. The number of nitrogens with zero attached hydrogens (tertiary/aromatic N) is 2. The van der Waals surface area contributed by atoms with E-state index < -0.39 is 0 Å². The fraction of sp³-hybridized carbons (Fsp3) is 0.273. The smallest absolute Gasteiger partial charge is 0.172 e. The van der Waals surface area contributed by atoms with Crippen molar-refractivity contribution in [3.8, 4) is 10.7 Å². The van der Waals surface area contributed by atoms with Crippen LogP contribution in [0.1, 0.15) is 11.3 Å². The van der Waals surface area contributed by atoms with Gasteiger partial charge < -0.3 is 5.32 Å².